The number of aryl methyl sites for hydroxylation is 1. The Labute approximate surface area is 108 Å². The van der Waals surface area contributed by atoms with E-state index in [4.69, 9.17) is 9.47 Å². The van der Waals surface area contributed by atoms with Crippen LogP contribution in [0.25, 0.3) is 0 Å². The highest BCUT2D eigenvalue weighted by Gasteiger charge is 2.25. The number of benzene rings is 1. The lowest BCUT2D eigenvalue weighted by molar-refractivity contribution is 0.0255. The summed E-state index contributed by atoms with van der Waals surface area (Å²) in [5.74, 6) is 0.402. The fourth-order valence-electron chi connectivity index (χ4n) is 2.07. The molecule has 1 aromatic carbocycles. The third-order valence-corrected chi connectivity index (χ3v) is 3.65. The first-order valence-corrected chi connectivity index (χ1v) is 6.29. The summed E-state index contributed by atoms with van der Waals surface area (Å²) in [4.78, 5) is 0. The van der Waals surface area contributed by atoms with Crippen LogP contribution in [-0.2, 0) is 4.74 Å². The van der Waals surface area contributed by atoms with Crippen molar-refractivity contribution in [3.8, 4) is 5.75 Å². The Kier molecular flexibility index (Phi) is 4.01. The minimum absolute atomic E-state index is 0.178. The molecule has 1 aliphatic rings. The standard InChI is InChI=1S/C12H15BrFNO2/c1-7-5-8(14)11(13)10(12(7)16-2)9-6-15-3-4-17-9/h5,9,15H,3-4,6H2,1-2H3. The zero-order valence-electron chi connectivity index (χ0n) is 9.85. The van der Waals surface area contributed by atoms with Crippen molar-refractivity contribution in [1.82, 2.24) is 5.32 Å². The van der Waals surface area contributed by atoms with Crippen molar-refractivity contribution in [2.75, 3.05) is 26.8 Å². The van der Waals surface area contributed by atoms with Gasteiger partial charge in [-0.3, -0.25) is 0 Å². The number of methoxy groups -OCH3 is 1. The van der Waals surface area contributed by atoms with Crippen LogP contribution in [0.1, 0.15) is 17.2 Å². The number of halogens is 2. The van der Waals surface area contributed by atoms with Gasteiger partial charge in [0.25, 0.3) is 0 Å². The maximum absolute atomic E-state index is 13.7. The van der Waals surface area contributed by atoms with E-state index >= 15 is 0 Å². The van der Waals surface area contributed by atoms with E-state index < -0.39 is 0 Å². The highest BCUT2D eigenvalue weighted by molar-refractivity contribution is 9.10. The summed E-state index contributed by atoms with van der Waals surface area (Å²) >= 11 is 3.28. The zero-order chi connectivity index (χ0) is 12.4. The Balaban J connectivity index is 2.48. The SMILES string of the molecule is COc1c(C)cc(F)c(Br)c1C1CNCCO1. The van der Waals surface area contributed by atoms with Crippen molar-refractivity contribution >= 4 is 15.9 Å². The molecule has 0 aromatic heterocycles. The third kappa shape index (κ3) is 2.46. The van der Waals surface area contributed by atoms with Crippen LogP contribution in [0.4, 0.5) is 4.39 Å². The van der Waals surface area contributed by atoms with Gasteiger partial charge in [-0.15, -0.1) is 0 Å². The van der Waals surface area contributed by atoms with Crippen LogP contribution in [-0.4, -0.2) is 26.8 Å². The second-order valence-electron chi connectivity index (χ2n) is 4.00. The molecular weight excluding hydrogens is 289 g/mol. The first-order valence-electron chi connectivity index (χ1n) is 5.50. The fraction of sp³-hybridized carbons (Fsp3) is 0.500. The molecule has 2 rings (SSSR count). The van der Waals surface area contributed by atoms with Crippen LogP contribution in [0, 0.1) is 12.7 Å². The molecule has 17 heavy (non-hydrogen) atoms. The van der Waals surface area contributed by atoms with Gasteiger partial charge in [0.2, 0.25) is 0 Å². The Bertz CT molecular complexity index is 419. The monoisotopic (exact) mass is 303 g/mol. The molecule has 1 aliphatic heterocycles. The van der Waals surface area contributed by atoms with Gasteiger partial charge in [-0.05, 0) is 34.5 Å². The quantitative estimate of drug-likeness (QED) is 0.911. The minimum atomic E-state index is -0.285. The minimum Gasteiger partial charge on any atom is -0.496 e. The van der Waals surface area contributed by atoms with E-state index in [1.807, 2.05) is 6.92 Å². The molecule has 5 heteroatoms. The molecule has 0 aliphatic carbocycles. The number of ether oxygens (including phenoxy) is 2. The summed E-state index contributed by atoms with van der Waals surface area (Å²) < 4.78 is 25.2. The topological polar surface area (TPSA) is 30.5 Å². The Hall–Kier alpha value is -0.650. The van der Waals surface area contributed by atoms with Crippen molar-refractivity contribution < 1.29 is 13.9 Å². The highest BCUT2D eigenvalue weighted by atomic mass is 79.9. The first-order chi connectivity index (χ1) is 8.15. The van der Waals surface area contributed by atoms with Gasteiger partial charge < -0.3 is 14.8 Å². The van der Waals surface area contributed by atoms with E-state index in [9.17, 15) is 4.39 Å². The van der Waals surface area contributed by atoms with Crippen LogP contribution in [0.5, 0.6) is 5.75 Å². The number of nitrogens with one attached hydrogen (secondary N) is 1. The van der Waals surface area contributed by atoms with Gasteiger partial charge in [0.15, 0.2) is 0 Å². The van der Waals surface area contributed by atoms with Crippen LogP contribution in [0.3, 0.4) is 0 Å². The van der Waals surface area contributed by atoms with E-state index in [-0.39, 0.29) is 11.9 Å². The summed E-state index contributed by atoms with van der Waals surface area (Å²) in [6.45, 7) is 3.94. The van der Waals surface area contributed by atoms with Gasteiger partial charge in [0.1, 0.15) is 11.6 Å². The summed E-state index contributed by atoms with van der Waals surface area (Å²) in [5, 5.41) is 3.23. The van der Waals surface area contributed by atoms with E-state index in [2.05, 4.69) is 21.2 Å². The van der Waals surface area contributed by atoms with Gasteiger partial charge >= 0.3 is 0 Å². The predicted octanol–water partition coefficient (Wildman–Crippen LogP) is 2.57. The maximum atomic E-state index is 13.7. The van der Waals surface area contributed by atoms with Gasteiger partial charge in [-0.2, -0.15) is 0 Å². The molecule has 1 aromatic rings. The van der Waals surface area contributed by atoms with Crippen molar-refractivity contribution in [2.24, 2.45) is 0 Å². The molecule has 0 spiro atoms. The lowest BCUT2D eigenvalue weighted by Gasteiger charge is -2.27. The molecule has 94 valence electrons. The first kappa shape index (κ1) is 12.8. The average Bonchev–Trinajstić information content (AvgIpc) is 2.34. The summed E-state index contributed by atoms with van der Waals surface area (Å²) in [6, 6.07) is 1.46. The number of morpholine rings is 1. The van der Waals surface area contributed by atoms with Gasteiger partial charge in [0.05, 0.1) is 24.3 Å². The zero-order valence-corrected chi connectivity index (χ0v) is 11.4. The fourth-order valence-corrected chi connectivity index (χ4v) is 2.62. The third-order valence-electron chi connectivity index (χ3n) is 2.85. The molecule has 1 unspecified atom stereocenters. The molecule has 3 nitrogen and oxygen atoms in total. The van der Waals surface area contributed by atoms with Crippen molar-refractivity contribution in [1.29, 1.82) is 0 Å². The van der Waals surface area contributed by atoms with Crippen LogP contribution in [0.2, 0.25) is 0 Å². The second kappa shape index (κ2) is 5.33. The van der Waals surface area contributed by atoms with Crippen molar-refractivity contribution in [2.45, 2.75) is 13.0 Å². The number of rotatable bonds is 2. The van der Waals surface area contributed by atoms with Crippen molar-refractivity contribution in [3.63, 3.8) is 0 Å². The molecular formula is C12H15BrFNO2. The van der Waals surface area contributed by atoms with Crippen LogP contribution < -0.4 is 10.1 Å². The van der Waals surface area contributed by atoms with Gasteiger partial charge in [-0.1, -0.05) is 0 Å². The van der Waals surface area contributed by atoms with Gasteiger partial charge in [-0.25, -0.2) is 4.39 Å². The lowest BCUT2D eigenvalue weighted by Crippen LogP contribution is -2.33. The lowest BCUT2D eigenvalue weighted by atomic mass is 10.0. The molecule has 1 N–H and O–H groups in total. The molecule has 0 amide bonds. The molecule has 0 radical (unpaired) electrons. The number of hydrogen-bond donors (Lipinski definition) is 1. The molecule has 1 heterocycles. The smallest absolute Gasteiger partial charge is 0.138 e. The Morgan fingerprint density at radius 3 is 2.94 bits per heavy atom. The van der Waals surface area contributed by atoms with Crippen LogP contribution in [0.15, 0.2) is 10.5 Å². The predicted molar refractivity (Wildman–Crippen MR) is 67.0 cm³/mol. The molecule has 1 atom stereocenters. The van der Waals surface area contributed by atoms with Gasteiger partial charge in [0, 0.05) is 18.7 Å². The molecule has 0 bridgehead atoms. The second-order valence-corrected chi connectivity index (χ2v) is 4.79. The average molecular weight is 304 g/mol. The number of hydrogen-bond acceptors (Lipinski definition) is 3. The molecule has 1 saturated heterocycles. The molecule has 1 fully saturated rings. The Morgan fingerprint density at radius 1 is 1.59 bits per heavy atom. The van der Waals surface area contributed by atoms with E-state index in [1.54, 1.807) is 7.11 Å². The van der Waals surface area contributed by atoms with E-state index in [0.717, 1.165) is 17.7 Å². The summed E-state index contributed by atoms with van der Waals surface area (Å²) in [7, 11) is 1.59. The van der Waals surface area contributed by atoms with E-state index in [0.29, 0.717) is 23.4 Å². The highest BCUT2D eigenvalue weighted by Crippen LogP contribution is 2.38. The normalized spacial score (nSPS) is 20.4. The Morgan fingerprint density at radius 2 is 2.35 bits per heavy atom. The largest absolute Gasteiger partial charge is 0.496 e. The van der Waals surface area contributed by atoms with Crippen molar-refractivity contribution in [3.05, 3.63) is 27.5 Å². The summed E-state index contributed by atoms with van der Waals surface area (Å²) in [5.41, 5.74) is 1.52. The molecule has 0 saturated carbocycles. The summed E-state index contributed by atoms with van der Waals surface area (Å²) in [6.07, 6.45) is -0.178. The maximum Gasteiger partial charge on any atom is 0.138 e. The van der Waals surface area contributed by atoms with Crippen LogP contribution >= 0.6 is 15.9 Å². The van der Waals surface area contributed by atoms with E-state index in [1.165, 1.54) is 6.07 Å².